The number of hydrogen-bond donors (Lipinski definition) is 0. The van der Waals surface area contributed by atoms with Gasteiger partial charge in [0.05, 0.1) is 68.9 Å². The van der Waals surface area contributed by atoms with Crippen molar-refractivity contribution in [3.8, 4) is 11.4 Å². The predicted molar refractivity (Wildman–Crippen MR) is 244 cm³/mol. The molecular weight excluding hydrogens is 705 g/mol. The third-order valence-electron chi connectivity index (χ3n) is 12.7. The quantitative estimate of drug-likeness (QED) is 0.168. The van der Waals surface area contributed by atoms with E-state index in [0.29, 0.717) is 22.1 Å². The molecular formula is C54H30N4. The Morgan fingerprint density at radius 3 is 1.14 bits per heavy atom. The summed E-state index contributed by atoms with van der Waals surface area (Å²) in [5.41, 5.74) is 9.03. The van der Waals surface area contributed by atoms with Gasteiger partial charge in [0.25, 0.3) is 0 Å². The molecule has 15 aromatic rings. The maximum atomic E-state index is 9.18. The fourth-order valence-corrected chi connectivity index (χ4v) is 10.7. The maximum Gasteiger partial charge on any atom is 0.0645 e. The first-order valence-electron chi connectivity index (χ1n) is 24.3. The SMILES string of the molecule is [2H]c1c([2H])c([2H])c(-n2c3ccccc3c3c4c5cc6c7c8c9ccccc9n(-c9c([2H])c([2H])c([2H])c([2H])c9[2H])c8cc8c9ccccc9n(c6cc5n5c6ccccc6c(cc32)c45)c87)c([2H])c1[2H]. The molecule has 0 aliphatic heterocycles. The molecule has 4 heteroatoms. The van der Waals surface area contributed by atoms with E-state index in [4.69, 9.17) is 8.22 Å². The zero-order chi connectivity index (χ0) is 46.1. The Balaban J connectivity index is 1.21. The summed E-state index contributed by atoms with van der Waals surface area (Å²) in [5, 5.41) is 11.4. The van der Waals surface area contributed by atoms with Crippen molar-refractivity contribution in [2.45, 2.75) is 0 Å². The van der Waals surface area contributed by atoms with Crippen LogP contribution < -0.4 is 0 Å². The van der Waals surface area contributed by atoms with Gasteiger partial charge in [-0.15, -0.1) is 0 Å². The number of aromatic nitrogens is 4. The highest BCUT2D eigenvalue weighted by molar-refractivity contribution is 6.40. The van der Waals surface area contributed by atoms with Gasteiger partial charge >= 0.3 is 0 Å². The Kier molecular flexibility index (Phi) is 3.85. The number of benzene rings is 9. The molecule has 15 rings (SSSR count). The molecule has 58 heavy (non-hydrogen) atoms. The van der Waals surface area contributed by atoms with Gasteiger partial charge in [0, 0.05) is 76.0 Å². The third-order valence-corrected chi connectivity index (χ3v) is 12.7. The van der Waals surface area contributed by atoms with Crippen LogP contribution in [0.2, 0.25) is 0 Å². The highest BCUT2D eigenvalue weighted by Crippen LogP contribution is 2.51. The maximum absolute atomic E-state index is 9.18. The molecule has 9 aromatic carbocycles. The lowest BCUT2D eigenvalue weighted by Crippen LogP contribution is -1.92. The first-order chi connectivity index (χ1) is 33.0. The van der Waals surface area contributed by atoms with E-state index < -0.39 is 36.3 Å². The Morgan fingerprint density at radius 1 is 0.293 bits per heavy atom. The zero-order valence-corrected chi connectivity index (χ0v) is 30.3. The molecule has 6 aromatic heterocycles. The molecule has 0 aliphatic rings. The molecule has 0 fully saturated rings. The molecule has 0 radical (unpaired) electrons. The molecule has 0 bridgehead atoms. The predicted octanol–water partition coefficient (Wildman–Crippen LogP) is 14.2. The van der Waals surface area contributed by atoms with Gasteiger partial charge < -0.3 is 17.9 Å². The lowest BCUT2D eigenvalue weighted by Gasteiger charge is -2.08. The average Bonchev–Trinajstić information content (AvgIpc) is 4.19. The summed E-state index contributed by atoms with van der Waals surface area (Å²) in [7, 11) is 0. The van der Waals surface area contributed by atoms with Crippen molar-refractivity contribution in [1.82, 2.24) is 17.9 Å². The average molecular weight is 745 g/mol. The molecule has 0 N–H and O–H groups in total. The summed E-state index contributed by atoms with van der Waals surface area (Å²) in [5.74, 6) is 0. The highest BCUT2D eigenvalue weighted by atomic mass is 15.0. The summed E-state index contributed by atoms with van der Waals surface area (Å²) >= 11 is 0. The van der Waals surface area contributed by atoms with Crippen molar-refractivity contribution >= 4 is 120 Å². The number of hydrogen-bond acceptors (Lipinski definition) is 0. The summed E-state index contributed by atoms with van der Waals surface area (Å²) in [6.45, 7) is 0. The topological polar surface area (TPSA) is 18.7 Å². The van der Waals surface area contributed by atoms with Crippen molar-refractivity contribution in [3.63, 3.8) is 0 Å². The van der Waals surface area contributed by atoms with Crippen LogP contribution in [-0.4, -0.2) is 17.9 Å². The Morgan fingerprint density at radius 2 is 0.690 bits per heavy atom. The number of fused-ring (bicyclic) bond motifs is 20. The summed E-state index contributed by atoms with van der Waals surface area (Å²) < 4.78 is 96.8. The number of nitrogens with zero attached hydrogens (tertiary/aromatic N) is 4. The highest BCUT2D eigenvalue weighted by Gasteiger charge is 2.28. The van der Waals surface area contributed by atoms with Crippen LogP contribution in [0.25, 0.3) is 131 Å². The molecule has 0 saturated heterocycles. The second kappa shape index (κ2) is 10.1. The first kappa shape index (κ1) is 22.1. The van der Waals surface area contributed by atoms with Crippen molar-refractivity contribution < 1.29 is 13.7 Å². The fraction of sp³-hybridized carbons (Fsp3) is 0. The molecule has 0 aliphatic carbocycles. The van der Waals surface area contributed by atoms with Gasteiger partial charge in [-0.25, -0.2) is 0 Å². The second-order valence-corrected chi connectivity index (χ2v) is 15.3. The fourth-order valence-electron chi connectivity index (χ4n) is 10.7. The molecule has 0 atom stereocenters. The van der Waals surface area contributed by atoms with Crippen LogP contribution >= 0.6 is 0 Å². The minimum atomic E-state index is -0.449. The van der Waals surface area contributed by atoms with E-state index in [0.717, 1.165) is 97.7 Å². The lowest BCUT2D eigenvalue weighted by atomic mass is 9.99. The Bertz CT molecular complexity index is 4500. The van der Waals surface area contributed by atoms with E-state index in [1.165, 1.54) is 0 Å². The van der Waals surface area contributed by atoms with Crippen LogP contribution in [0, 0.1) is 0 Å². The molecule has 0 unspecified atom stereocenters. The van der Waals surface area contributed by atoms with Crippen molar-refractivity contribution in [2.75, 3.05) is 0 Å². The molecule has 4 nitrogen and oxygen atoms in total. The van der Waals surface area contributed by atoms with Crippen LogP contribution in [0.1, 0.15) is 13.7 Å². The standard InChI is InChI=1S/C54H30N4/c1-3-15-31(16-4-1)55-43-25-13-9-21-35(43)49-47(55)28-37-33-19-7-11-23-41(33)57-45-30-46-40(27-39(45)51(49)53(37)57)52-50-36-22-10-14-26-44(36)56(32-17-5-2-6-18-32)48(50)29-38-34-20-8-12-24-42(34)58(46)54(38)52/h1-30H/i1D,2D,3D,4D,5D,6D,15D,16D,17D,18D. The van der Waals surface area contributed by atoms with Gasteiger partial charge in [-0.1, -0.05) is 109 Å². The second-order valence-electron chi connectivity index (χ2n) is 15.3. The largest absolute Gasteiger partial charge is 0.309 e. The zero-order valence-electron chi connectivity index (χ0n) is 40.3. The third kappa shape index (κ3) is 3.30. The van der Waals surface area contributed by atoms with Crippen LogP contribution in [0.15, 0.2) is 182 Å². The van der Waals surface area contributed by atoms with E-state index in [9.17, 15) is 5.48 Å². The van der Waals surface area contributed by atoms with Crippen LogP contribution in [0.4, 0.5) is 0 Å². The Hall–Kier alpha value is -7.82. The number of para-hydroxylation sites is 6. The van der Waals surface area contributed by atoms with Crippen molar-refractivity contribution in [3.05, 3.63) is 182 Å². The normalized spacial score (nSPS) is 15.2. The summed E-state index contributed by atoms with van der Waals surface area (Å²) in [6.07, 6.45) is 0. The first-order valence-corrected chi connectivity index (χ1v) is 19.3. The lowest BCUT2D eigenvalue weighted by molar-refractivity contribution is 1.18. The van der Waals surface area contributed by atoms with Gasteiger partial charge in [-0.2, -0.15) is 0 Å². The molecule has 0 saturated carbocycles. The van der Waals surface area contributed by atoms with Crippen molar-refractivity contribution in [2.24, 2.45) is 0 Å². The Labute approximate surface area is 343 Å². The number of rotatable bonds is 2. The van der Waals surface area contributed by atoms with E-state index >= 15 is 0 Å². The molecule has 266 valence electrons. The smallest absolute Gasteiger partial charge is 0.0645 e. The van der Waals surface area contributed by atoms with Gasteiger partial charge in [0.15, 0.2) is 0 Å². The van der Waals surface area contributed by atoms with Crippen LogP contribution in [-0.2, 0) is 0 Å². The van der Waals surface area contributed by atoms with Gasteiger partial charge in [-0.05, 0) is 72.7 Å². The van der Waals surface area contributed by atoms with Gasteiger partial charge in [-0.3, -0.25) is 0 Å². The summed E-state index contributed by atoms with van der Waals surface area (Å²) in [4.78, 5) is 0. The van der Waals surface area contributed by atoms with E-state index in [2.05, 4.69) is 57.3 Å². The van der Waals surface area contributed by atoms with Crippen molar-refractivity contribution in [1.29, 1.82) is 0 Å². The molecule has 0 amide bonds. The van der Waals surface area contributed by atoms with Crippen LogP contribution in [0.5, 0.6) is 0 Å². The van der Waals surface area contributed by atoms with E-state index in [-0.39, 0.29) is 35.5 Å². The van der Waals surface area contributed by atoms with E-state index in [1.54, 1.807) is 0 Å². The van der Waals surface area contributed by atoms with E-state index in [1.807, 2.05) is 81.9 Å². The van der Waals surface area contributed by atoms with Crippen LogP contribution in [0.3, 0.4) is 0 Å². The van der Waals surface area contributed by atoms with Gasteiger partial charge in [0.2, 0.25) is 0 Å². The minimum absolute atomic E-state index is 0.0838. The monoisotopic (exact) mass is 744 g/mol. The molecule has 6 heterocycles. The summed E-state index contributed by atoms with van der Waals surface area (Å²) in [6, 6.07) is 37.5. The minimum Gasteiger partial charge on any atom is -0.309 e. The van der Waals surface area contributed by atoms with Gasteiger partial charge in [0.1, 0.15) is 0 Å². The molecule has 0 spiro atoms.